The molecule has 1 aliphatic rings. The van der Waals surface area contributed by atoms with Gasteiger partial charge in [0.05, 0.1) is 23.6 Å². The van der Waals surface area contributed by atoms with Crippen LogP contribution in [0.2, 0.25) is 0 Å². The number of benzene rings is 3. The molecule has 0 saturated heterocycles. The van der Waals surface area contributed by atoms with Crippen molar-refractivity contribution >= 4 is 80.5 Å². The second-order valence-electron chi connectivity index (χ2n) is 6.85. The minimum absolute atomic E-state index is 0.0136. The molecule has 0 N–H and O–H groups in total. The van der Waals surface area contributed by atoms with Crippen LogP contribution in [0.1, 0.15) is 28.0 Å². The molecule has 0 fully saturated rings. The average Bonchev–Trinajstić information content (AvgIpc) is 2.73. The molecule has 1 unspecified atom stereocenters. The topological polar surface area (TPSA) is 20.5 Å². The van der Waals surface area contributed by atoms with Crippen molar-refractivity contribution in [1.29, 1.82) is 0 Å². The monoisotopic (exact) mass is 644 g/mol. The largest absolute Gasteiger partial charge is 0.874 e. The van der Waals surface area contributed by atoms with Gasteiger partial charge in [0.25, 0.3) is 5.78 Å². The first-order valence-electron chi connectivity index (χ1n) is 9.25. The van der Waals surface area contributed by atoms with Gasteiger partial charge >= 0.3 is 69.2 Å². The van der Waals surface area contributed by atoms with Crippen molar-refractivity contribution in [3.63, 3.8) is 0 Å². The van der Waals surface area contributed by atoms with Gasteiger partial charge in [0.15, 0.2) is 0 Å². The SMILES string of the molecule is [Cl][Sb-]([Cl])([Cl])([Cl])([Cl])[Cl].c1ccc(B2OC(c3ccccc3)CC(c3ccccc3)=[O+]2)cc1. The second-order valence-corrected chi connectivity index (χ2v) is 63.7. The molecule has 1 atom stereocenters. The van der Waals surface area contributed by atoms with Crippen molar-refractivity contribution in [2.24, 2.45) is 0 Å². The Morgan fingerprint density at radius 3 is 1.68 bits per heavy atom. The van der Waals surface area contributed by atoms with Gasteiger partial charge in [-0.05, 0) is 17.7 Å². The number of hydrogen-bond donors (Lipinski definition) is 0. The van der Waals surface area contributed by atoms with Crippen LogP contribution >= 0.6 is 53.0 Å². The van der Waals surface area contributed by atoms with Gasteiger partial charge in [-0.3, -0.25) is 0 Å². The van der Waals surface area contributed by atoms with E-state index >= 15 is 0 Å². The van der Waals surface area contributed by atoms with E-state index in [-0.39, 0.29) is 13.2 Å². The van der Waals surface area contributed by atoms with Crippen LogP contribution in [0.25, 0.3) is 0 Å². The summed E-state index contributed by atoms with van der Waals surface area (Å²) in [5.41, 5.74) is 3.32. The van der Waals surface area contributed by atoms with Crippen LogP contribution in [0, 0.1) is 0 Å². The third-order valence-electron chi connectivity index (χ3n) is 4.25. The molecular weight excluding hydrogens is 630 g/mol. The molecular formula is C21H18BCl6O2Sb. The Hall–Kier alpha value is -0.0869. The van der Waals surface area contributed by atoms with E-state index in [0.717, 1.165) is 23.2 Å². The summed E-state index contributed by atoms with van der Waals surface area (Å²) in [6.45, 7) is 0. The van der Waals surface area contributed by atoms with Gasteiger partial charge in [0, 0.05) is 0 Å². The Morgan fingerprint density at radius 1 is 0.710 bits per heavy atom. The Balaban J connectivity index is 0.000000339. The first-order valence-corrected chi connectivity index (χ1v) is 28.6. The van der Waals surface area contributed by atoms with Crippen LogP contribution in [0.3, 0.4) is 0 Å². The van der Waals surface area contributed by atoms with Crippen LogP contribution in [-0.4, -0.2) is 22.0 Å². The maximum Gasteiger partial charge on any atom is 0.874 e. The van der Waals surface area contributed by atoms with Gasteiger partial charge in [0.1, 0.15) is 0 Å². The molecule has 0 amide bonds. The maximum atomic E-state index is 6.27. The molecule has 0 saturated carbocycles. The Kier molecular flexibility index (Phi) is 7.95. The van der Waals surface area contributed by atoms with Crippen LogP contribution < -0.4 is 5.46 Å². The minimum Gasteiger partial charge on any atom is -0.350 e. The third-order valence-corrected chi connectivity index (χ3v) is 4.25. The van der Waals surface area contributed by atoms with Gasteiger partial charge in [-0.2, -0.15) is 0 Å². The summed E-state index contributed by atoms with van der Waals surface area (Å²) in [6, 6.07) is 30.7. The quantitative estimate of drug-likeness (QED) is 0.211. The fraction of sp³-hybridized carbons (Fsp3) is 0.0952. The van der Waals surface area contributed by atoms with E-state index in [1.165, 1.54) is 5.56 Å². The van der Waals surface area contributed by atoms with Crippen LogP contribution in [0.15, 0.2) is 91.0 Å². The fourth-order valence-corrected chi connectivity index (χ4v) is 3.00. The predicted molar refractivity (Wildman–Crippen MR) is 138 cm³/mol. The summed E-state index contributed by atoms with van der Waals surface area (Å²) in [7, 11) is 24.6. The van der Waals surface area contributed by atoms with Gasteiger partial charge in [-0.1, -0.05) is 78.9 Å². The van der Waals surface area contributed by atoms with Crippen molar-refractivity contribution in [2.75, 3.05) is 0 Å². The van der Waals surface area contributed by atoms with E-state index in [2.05, 4.69) is 24.3 Å². The van der Waals surface area contributed by atoms with E-state index in [0.29, 0.717) is 0 Å². The molecule has 1 aliphatic heterocycles. The van der Waals surface area contributed by atoms with Crippen LogP contribution in [0.5, 0.6) is 0 Å². The van der Waals surface area contributed by atoms with Crippen molar-refractivity contribution in [1.82, 2.24) is 0 Å². The van der Waals surface area contributed by atoms with E-state index in [1.807, 2.05) is 66.7 Å². The standard InChI is InChI=1S/C21H18BO2.6ClH.Sb/c1-4-10-17(11-5-1)20-16-21(18-12-6-2-7-13-18)24-22(23-20)19-14-8-3-9-15-19;;;;;;;/h1-15,20H,16H2;6*1H;/q+1;;;;;;;+5/p-6. The summed E-state index contributed by atoms with van der Waals surface area (Å²) in [5.74, 6) is 0.976. The number of hydrogen-bond acceptors (Lipinski definition) is 1. The van der Waals surface area contributed by atoms with E-state index in [9.17, 15) is 0 Å². The van der Waals surface area contributed by atoms with Crippen LogP contribution in [-0.2, 0) is 4.65 Å². The molecule has 1 heterocycles. The fourth-order valence-electron chi connectivity index (χ4n) is 3.00. The molecule has 2 nitrogen and oxygen atoms in total. The molecule has 10 heteroatoms. The second kappa shape index (κ2) is 9.65. The molecule has 3 aromatic rings. The zero-order valence-corrected chi connectivity index (χ0v) is 23.1. The zero-order valence-electron chi connectivity index (χ0n) is 16.1. The van der Waals surface area contributed by atoms with Crippen molar-refractivity contribution in [3.05, 3.63) is 102 Å². The molecule has 0 bridgehead atoms. The van der Waals surface area contributed by atoms with Crippen molar-refractivity contribution < 1.29 is 9.00 Å². The summed E-state index contributed by atoms with van der Waals surface area (Å²) in [6.07, 6.45) is 0.720. The number of rotatable bonds is 3. The van der Waals surface area contributed by atoms with E-state index in [1.54, 1.807) is 0 Å². The maximum absolute atomic E-state index is 6.27. The molecule has 3 aromatic carbocycles. The molecule has 0 radical (unpaired) electrons. The summed E-state index contributed by atoms with van der Waals surface area (Å²) >= 11 is 0. The molecule has 4 rings (SSSR count). The normalized spacial score (nSPS) is 18.7. The zero-order chi connectivity index (χ0) is 22.6. The van der Waals surface area contributed by atoms with Crippen molar-refractivity contribution in [2.45, 2.75) is 12.5 Å². The number of carbonyl (C=O) groups excluding carboxylic acids is 1. The van der Waals surface area contributed by atoms with E-state index in [4.69, 9.17) is 62.0 Å². The molecule has 0 aromatic heterocycles. The van der Waals surface area contributed by atoms with Crippen molar-refractivity contribution in [3.8, 4) is 0 Å². The summed E-state index contributed by atoms with van der Waals surface area (Å²) in [4.78, 5) is 0. The van der Waals surface area contributed by atoms with E-state index < -0.39 is 9.14 Å². The Bertz CT molecular complexity index is 1020. The minimum atomic E-state index is -5.42. The van der Waals surface area contributed by atoms with Gasteiger partial charge in [-0.25, -0.2) is 0 Å². The first kappa shape index (κ1) is 25.5. The van der Waals surface area contributed by atoms with Gasteiger partial charge in [-0.15, -0.1) is 0 Å². The summed E-state index contributed by atoms with van der Waals surface area (Å²) in [5, 5.41) is 0. The van der Waals surface area contributed by atoms with Gasteiger partial charge < -0.3 is 9.00 Å². The molecule has 0 aliphatic carbocycles. The Morgan fingerprint density at radius 2 is 1.16 bits per heavy atom. The summed E-state index contributed by atoms with van der Waals surface area (Å²) < 4.78 is 12.5. The Labute approximate surface area is 202 Å². The molecule has 0 spiro atoms. The smallest absolute Gasteiger partial charge is 0.350 e. The predicted octanol–water partition coefficient (Wildman–Crippen LogP) is 7.72. The third kappa shape index (κ3) is 10.2. The van der Waals surface area contributed by atoms with Gasteiger partial charge in [0.2, 0.25) is 0 Å². The first-order chi connectivity index (χ1) is 14.3. The number of ketones is 1. The van der Waals surface area contributed by atoms with Crippen LogP contribution in [0.4, 0.5) is 0 Å². The molecule has 31 heavy (non-hydrogen) atoms. The molecule has 164 valence electrons. The average molecular weight is 648 g/mol. The number of halogens is 6.